The van der Waals surface area contributed by atoms with Crippen molar-refractivity contribution < 1.29 is 19.1 Å². The summed E-state index contributed by atoms with van der Waals surface area (Å²) in [6.07, 6.45) is -0.947. The van der Waals surface area contributed by atoms with Crippen LogP contribution in [0, 0.1) is 0 Å². The lowest BCUT2D eigenvalue weighted by molar-refractivity contribution is -0.139. The number of rotatable bonds is 3. The van der Waals surface area contributed by atoms with Gasteiger partial charge in [0.25, 0.3) is 0 Å². The third kappa shape index (κ3) is 5.44. The summed E-state index contributed by atoms with van der Waals surface area (Å²) in [6.45, 7) is -0.103. The molecule has 0 bridgehead atoms. The molecule has 0 fully saturated rings. The van der Waals surface area contributed by atoms with Crippen LogP contribution < -0.4 is 22.3 Å². The van der Waals surface area contributed by atoms with Gasteiger partial charge in [-0.25, -0.2) is 10.6 Å². The molecule has 0 radical (unpaired) electrons. The second kappa shape index (κ2) is 5.77. The fourth-order valence-corrected chi connectivity index (χ4v) is 0.462. The van der Waals surface area contributed by atoms with Crippen LogP contribution in [0.5, 0.6) is 0 Å². The van der Waals surface area contributed by atoms with Crippen molar-refractivity contribution >= 4 is 17.9 Å². The summed E-state index contributed by atoms with van der Waals surface area (Å²) in [5.41, 5.74) is 6.25. The highest BCUT2D eigenvalue weighted by Gasteiger charge is 2.09. The van der Waals surface area contributed by atoms with Gasteiger partial charge in [-0.1, -0.05) is 0 Å². The molecule has 0 atom stereocenters. The van der Waals surface area contributed by atoms with E-state index in [0.29, 0.717) is 0 Å². The maximum Gasteiger partial charge on any atom is 0.404 e. The molecule has 0 aliphatic heterocycles. The zero-order chi connectivity index (χ0) is 10.3. The van der Waals surface area contributed by atoms with Gasteiger partial charge in [0.15, 0.2) is 0 Å². The zero-order valence-electron chi connectivity index (χ0n) is 6.70. The van der Waals surface area contributed by atoms with Gasteiger partial charge in [-0.05, 0) is 0 Å². The quantitative estimate of drug-likeness (QED) is 0.125. The SMILES string of the molecule is NNC(=O)C(=O)NCCOC(N)=O. The monoisotopic (exact) mass is 190 g/mol. The Labute approximate surface area is 73.5 Å². The van der Waals surface area contributed by atoms with Gasteiger partial charge in [0.1, 0.15) is 6.61 Å². The number of amides is 3. The number of hydrazine groups is 1. The Balaban J connectivity index is 3.48. The lowest BCUT2D eigenvalue weighted by Gasteiger charge is -2.03. The van der Waals surface area contributed by atoms with Gasteiger partial charge >= 0.3 is 17.9 Å². The van der Waals surface area contributed by atoms with Crippen LogP contribution in [0.25, 0.3) is 0 Å². The van der Waals surface area contributed by atoms with E-state index in [1.165, 1.54) is 0 Å². The molecule has 0 heterocycles. The van der Waals surface area contributed by atoms with E-state index >= 15 is 0 Å². The molecule has 0 unspecified atom stereocenters. The number of carbonyl (C=O) groups is 3. The van der Waals surface area contributed by atoms with E-state index in [9.17, 15) is 14.4 Å². The van der Waals surface area contributed by atoms with E-state index in [-0.39, 0.29) is 13.2 Å². The average Bonchev–Trinajstić information content (AvgIpc) is 2.10. The molecule has 0 aliphatic rings. The summed E-state index contributed by atoms with van der Waals surface area (Å²) in [6, 6.07) is 0. The number of ether oxygens (including phenoxy) is 1. The van der Waals surface area contributed by atoms with Crippen LogP contribution in [0.2, 0.25) is 0 Å². The maximum absolute atomic E-state index is 10.6. The first-order valence-corrected chi connectivity index (χ1v) is 3.29. The van der Waals surface area contributed by atoms with Crippen LogP contribution in [0.1, 0.15) is 0 Å². The number of hydrogen-bond donors (Lipinski definition) is 4. The Morgan fingerprint density at radius 3 is 2.31 bits per heavy atom. The Kier molecular flexibility index (Phi) is 4.96. The molecule has 0 rings (SSSR count). The van der Waals surface area contributed by atoms with Gasteiger partial charge in [0.05, 0.1) is 6.54 Å². The molecule has 0 saturated carbocycles. The minimum Gasteiger partial charge on any atom is -0.448 e. The van der Waals surface area contributed by atoms with Gasteiger partial charge in [-0.15, -0.1) is 0 Å². The first kappa shape index (κ1) is 11.2. The lowest BCUT2D eigenvalue weighted by atomic mass is 10.5. The molecule has 0 aliphatic carbocycles. The summed E-state index contributed by atoms with van der Waals surface area (Å²) < 4.78 is 4.27. The van der Waals surface area contributed by atoms with Crippen molar-refractivity contribution in [2.24, 2.45) is 11.6 Å². The number of nitrogens with one attached hydrogen (secondary N) is 2. The van der Waals surface area contributed by atoms with Crippen molar-refractivity contribution in [3.05, 3.63) is 0 Å². The highest BCUT2D eigenvalue weighted by atomic mass is 16.5. The first-order valence-electron chi connectivity index (χ1n) is 3.29. The van der Waals surface area contributed by atoms with Gasteiger partial charge in [-0.2, -0.15) is 0 Å². The second-order valence-electron chi connectivity index (χ2n) is 1.90. The van der Waals surface area contributed by atoms with Gasteiger partial charge < -0.3 is 15.8 Å². The molecular formula is C5H10N4O4. The summed E-state index contributed by atoms with van der Waals surface area (Å²) in [7, 11) is 0. The fraction of sp³-hybridized carbons (Fsp3) is 0.400. The van der Waals surface area contributed by atoms with E-state index in [1.807, 2.05) is 0 Å². The van der Waals surface area contributed by atoms with Crippen molar-refractivity contribution in [1.29, 1.82) is 0 Å². The van der Waals surface area contributed by atoms with E-state index < -0.39 is 17.9 Å². The second-order valence-corrected chi connectivity index (χ2v) is 1.90. The summed E-state index contributed by atoms with van der Waals surface area (Å²) in [5, 5.41) is 2.12. The van der Waals surface area contributed by atoms with Crippen molar-refractivity contribution in [3.8, 4) is 0 Å². The predicted octanol–water partition coefficient (Wildman–Crippen LogP) is -2.81. The molecule has 0 saturated heterocycles. The third-order valence-corrected chi connectivity index (χ3v) is 0.969. The van der Waals surface area contributed by atoms with Crippen LogP contribution in [0.3, 0.4) is 0 Å². The first-order chi connectivity index (χ1) is 6.07. The van der Waals surface area contributed by atoms with Crippen LogP contribution in [0.4, 0.5) is 4.79 Å². The topological polar surface area (TPSA) is 137 Å². The van der Waals surface area contributed by atoms with Gasteiger partial charge in [0, 0.05) is 0 Å². The Bertz CT molecular complexity index is 217. The Hall–Kier alpha value is -1.83. The van der Waals surface area contributed by atoms with E-state index in [4.69, 9.17) is 0 Å². The van der Waals surface area contributed by atoms with Crippen molar-refractivity contribution in [1.82, 2.24) is 10.7 Å². The van der Waals surface area contributed by atoms with Crippen LogP contribution >= 0.6 is 0 Å². The van der Waals surface area contributed by atoms with Gasteiger partial charge in [-0.3, -0.25) is 15.0 Å². The number of carbonyl (C=O) groups excluding carboxylic acids is 3. The fourth-order valence-electron chi connectivity index (χ4n) is 0.462. The number of hydrogen-bond acceptors (Lipinski definition) is 5. The minimum atomic E-state index is -0.973. The average molecular weight is 190 g/mol. The largest absolute Gasteiger partial charge is 0.448 e. The molecule has 8 nitrogen and oxygen atoms in total. The smallest absolute Gasteiger partial charge is 0.404 e. The van der Waals surface area contributed by atoms with Crippen molar-refractivity contribution in [3.63, 3.8) is 0 Å². The van der Waals surface area contributed by atoms with Crippen LogP contribution in [-0.4, -0.2) is 31.1 Å². The molecule has 0 aromatic rings. The molecule has 6 N–H and O–H groups in total. The van der Waals surface area contributed by atoms with Crippen LogP contribution in [-0.2, 0) is 14.3 Å². The minimum absolute atomic E-state index is 0.00477. The van der Waals surface area contributed by atoms with Crippen molar-refractivity contribution in [2.45, 2.75) is 0 Å². The van der Waals surface area contributed by atoms with E-state index in [1.54, 1.807) is 5.43 Å². The predicted molar refractivity (Wildman–Crippen MR) is 40.9 cm³/mol. The molecule has 74 valence electrons. The molecule has 8 heteroatoms. The van der Waals surface area contributed by atoms with Gasteiger partial charge in [0.2, 0.25) is 0 Å². The van der Waals surface area contributed by atoms with Crippen LogP contribution in [0.15, 0.2) is 0 Å². The summed E-state index contributed by atoms with van der Waals surface area (Å²) in [5.74, 6) is 2.78. The highest BCUT2D eigenvalue weighted by molar-refractivity contribution is 6.34. The number of nitrogens with two attached hydrogens (primary N) is 2. The normalized spacial score (nSPS) is 8.69. The van der Waals surface area contributed by atoms with E-state index in [0.717, 1.165) is 0 Å². The molecule has 0 aromatic heterocycles. The van der Waals surface area contributed by atoms with E-state index in [2.05, 4.69) is 21.6 Å². The Morgan fingerprint density at radius 2 is 1.85 bits per heavy atom. The molecule has 3 amide bonds. The summed E-state index contributed by atoms with van der Waals surface area (Å²) in [4.78, 5) is 31.1. The molecule has 0 aromatic carbocycles. The number of primary amides is 1. The molecule has 13 heavy (non-hydrogen) atoms. The third-order valence-electron chi connectivity index (χ3n) is 0.969. The lowest BCUT2D eigenvalue weighted by Crippen LogP contribution is -2.44. The maximum atomic E-state index is 10.6. The Morgan fingerprint density at radius 1 is 1.23 bits per heavy atom. The molecular weight excluding hydrogens is 180 g/mol. The highest BCUT2D eigenvalue weighted by Crippen LogP contribution is 1.72. The van der Waals surface area contributed by atoms with Crippen molar-refractivity contribution in [2.75, 3.05) is 13.2 Å². The standard InChI is InChI=1S/C5H10N4O4/c6-5(12)13-2-1-8-3(10)4(11)9-7/h1-2,7H2,(H2,6,12)(H,8,10)(H,9,11). The zero-order valence-corrected chi connectivity index (χ0v) is 6.70. The summed E-state index contributed by atoms with van der Waals surface area (Å²) >= 11 is 0. The molecule has 0 spiro atoms.